The van der Waals surface area contributed by atoms with Crippen molar-refractivity contribution in [2.45, 2.75) is 11.8 Å². The Balaban J connectivity index is 2.25. The van der Waals surface area contributed by atoms with Crippen molar-refractivity contribution in [3.8, 4) is 0 Å². The molecular weight excluding hydrogens is 268 g/mol. The zero-order chi connectivity index (χ0) is 13.2. The van der Waals surface area contributed by atoms with Crippen LogP contribution < -0.4 is 4.72 Å². The van der Waals surface area contributed by atoms with Crippen molar-refractivity contribution in [3.05, 3.63) is 29.8 Å². The summed E-state index contributed by atoms with van der Waals surface area (Å²) in [5.41, 5.74) is 0.675. The molecule has 0 aromatic heterocycles. The van der Waals surface area contributed by atoms with Crippen LogP contribution in [0.15, 0.2) is 34.2 Å². The largest absolute Gasteiger partial charge is 0.267 e. The molecule has 4 nitrogen and oxygen atoms in total. The monoisotopic (exact) mass is 284 g/mol. The predicted molar refractivity (Wildman–Crippen MR) is 75.7 cm³/mol. The Morgan fingerprint density at radius 1 is 1.39 bits per heavy atom. The quantitative estimate of drug-likeness (QED) is 0.916. The van der Waals surface area contributed by atoms with E-state index < -0.39 is 10.0 Å². The van der Waals surface area contributed by atoms with E-state index in [9.17, 15) is 8.42 Å². The number of hydrogen-bond donors (Lipinski definition) is 1. The van der Waals surface area contributed by atoms with E-state index in [1.807, 2.05) is 6.07 Å². The van der Waals surface area contributed by atoms with E-state index >= 15 is 0 Å². The highest BCUT2D eigenvalue weighted by molar-refractivity contribution is 7.98. The molecule has 2 rings (SSSR count). The van der Waals surface area contributed by atoms with Gasteiger partial charge >= 0.3 is 0 Å². The Hall–Kier alpha value is -1.01. The van der Waals surface area contributed by atoms with Gasteiger partial charge in [-0.15, -0.1) is 0 Å². The topological polar surface area (TPSA) is 58.5 Å². The number of hydrogen-bond acceptors (Lipinski definition) is 4. The van der Waals surface area contributed by atoms with Crippen LogP contribution in [0, 0.1) is 5.92 Å². The maximum absolute atomic E-state index is 11.8. The van der Waals surface area contributed by atoms with Gasteiger partial charge in [0.05, 0.1) is 4.90 Å². The standard InChI is InChI=1S/C12H16N2O2S2/c1-9(8-17-2)7-13-12-10-5-3-4-6-11(10)18(15,16)14-12/h3-6,9H,7-8H2,1-2H3,(H,13,14). The van der Waals surface area contributed by atoms with E-state index in [0.29, 0.717) is 28.8 Å². The van der Waals surface area contributed by atoms with Gasteiger partial charge in [0.2, 0.25) is 0 Å². The number of nitrogens with zero attached hydrogens (tertiary/aromatic N) is 1. The summed E-state index contributed by atoms with van der Waals surface area (Å²) in [6.45, 7) is 2.74. The summed E-state index contributed by atoms with van der Waals surface area (Å²) in [6.07, 6.45) is 2.05. The first-order valence-electron chi connectivity index (χ1n) is 5.70. The second kappa shape index (κ2) is 5.32. The molecule has 0 aliphatic carbocycles. The average Bonchev–Trinajstić information content (AvgIpc) is 2.60. The lowest BCUT2D eigenvalue weighted by Gasteiger charge is -2.06. The number of nitrogens with one attached hydrogen (secondary N) is 1. The fraction of sp³-hybridized carbons (Fsp3) is 0.417. The minimum Gasteiger partial charge on any atom is -0.267 e. The average molecular weight is 284 g/mol. The Kier molecular flexibility index (Phi) is 3.97. The molecule has 18 heavy (non-hydrogen) atoms. The number of fused-ring (bicyclic) bond motifs is 1. The minimum absolute atomic E-state index is 0.321. The fourth-order valence-electron chi connectivity index (χ4n) is 1.84. The summed E-state index contributed by atoms with van der Waals surface area (Å²) in [4.78, 5) is 4.71. The van der Waals surface area contributed by atoms with Crippen molar-refractivity contribution < 1.29 is 8.42 Å². The number of aliphatic imine (C=N–C) groups is 1. The van der Waals surface area contributed by atoms with Crippen LogP contribution in [0.1, 0.15) is 12.5 Å². The molecule has 1 N–H and O–H groups in total. The predicted octanol–water partition coefficient (Wildman–Crippen LogP) is 1.72. The number of rotatable bonds is 4. The normalized spacial score (nSPS) is 20.4. The number of amidine groups is 1. The van der Waals surface area contributed by atoms with Crippen molar-refractivity contribution >= 4 is 27.6 Å². The lowest BCUT2D eigenvalue weighted by molar-refractivity contribution is 0.595. The van der Waals surface area contributed by atoms with Gasteiger partial charge in [-0.1, -0.05) is 19.1 Å². The first-order valence-corrected chi connectivity index (χ1v) is 8.58. The third-order valence-corrected chi connectivity index (χ3v) is 4.97. The smallest absolute Gasteiger partial charge is 0.263 e. The molecule has 1 aromatic carbocycles. The zero-order valence-corrected chi connectivity index (χ0v) is 12.0. The highest BCUT2D eigenvalue weighted by Crippen LogP contribution is 2.22. The number of benzene rings is 1. The maximum Gasteiger partial charge on any atom is 0.263 e. The SMILES string of the molecule is CSCC(C)CN=C1NS(=O)(=O)c2ccccc21. The molecule has 0 radical (unpaired) electrons. The van der Waals surface area contributed by atoms with Gasteiger partial charge in [0, 0.05) is 12.1 Å². The van der Waals surface area contributed by atoms with Crippen LogP contribution in [0.4, 0.5) is 0 Å². The van der Waals surface area contributed by atoms with Gasteiger partial charge in [-0.05, 0) is 30.1 Å². The van der Waals surface area contributed by atoms with Gasteiger partial charge < -0.3 is 0 Å². The first-order chi connectivity index (χ1) is 8.54. The van der Waals surface area contributed by atoms with Crippen molar-refractivity contribution in [2.24, 2.45) is 10.9 Å². The summed E-state index contributed by atoms with van der Waals surface area (Å²) < 4.78 is 26.2. The van der Waals surface area contributed by atoms with Crippen LogP contribution in [-0.4, -0.2) is 32.8 Å². The van der Waals surface area contributed by atoms with Gasteiger partial charge in [0.15, 0.2) is 0 Å². The molecular formula is C12H16N2O2S2. The molecule has 0 spiro atoms. The Morgan fingerprint density at radius 2 is 2.11 bits per heavy atom. The van der Waals surface area contributed by atoms with Gasteiger partial charge in [0.25, 0.3) is 10.0 Å². The molecule has 6 heteroatoms. The van der Waals surface area contributed by atoms with Crippen molar-refractivity contribution in [1.29, 1.82) is 0 Å². The lowest BCUT2D eigenvalue weighted by atomic mass is 10.2. The molecule has 0 saturated heterocycles. The molecule has 1 aliphatic rings. The fourth-order valence-corrected chi connectivity index (χ4v) is 3.76. The summed E-state index contributed by atoms with van der Waals surface area (Å²) in [6, 6.07) is 6.93. The van der Waals surface area contributed by atoms with E-state index in [1.165, 1.54) is 0 Å². The van der Waals surface area contributed by atoms with E-state index in [1.54, 1.807) is 30.0 Å². The molecule has 0 saturated carbocycles. The lowest BCUT2D eigenvalue weighted by Crippen LogP contribution is -2.23. The number of sulfonamides is 1. The zero-order valence-electron chi connectivity index (χ0n) is 10.4. The third kappa shape index (κ3) is 2.70. The molecule has 1 heterocycles. The molecule has 98 valence electrons. The van der Waals surface area contributed by atoms with Gasteiger partial charge in [0.1, 0.15) is 5.84 Å². The summed E-state index contributed by atoms with van der Waals surface area (Å²) >= 11 is 1.77. The van der Waals surface area contributed by atoms with Crippen LogP contribution in [-0.2, 0) is 10.0 Å². The highest BCUT2D eigenvalue weighted by Gasteiger charge is 2.29. The van der Waals surface area contributed by atoms with E-state index in [4.69, 9.17) is 0 Å². The van der Waals surface area contributed by atoms with Gasteiger partial charge in [-0.3, -0.25) is 9.71 Å². The number of thioether (sulfide) groups is 1. The third-order valence-electron chi connectivity index (χ3n) is 2.67. The molecule has 1 unspecified atom stereocenters. The molecule has 1 aromatic rings. The van der Waals surface area contributed by atoms with Crippen molar-refractivity contribution in [1.82, 2.24) is 4.72 Å². The second-order valence-corrected chi connectivity index (χ2v) is 6.91. The molecule has 0 bridgehead atoms. The maximum atomic E-state index is 11.8. The summed E-state index contributed by atoms with van der Waals surface area (Å²) in [5, 5.41) is 0. The van der Waals surface area contributed by atoms with Crippen LogP contribution >= 0.6 is 11.8 Å². The van der Waals surface area contributed by atoms with Crippen LogP contribution in [0.2, 0.25) is 0 Å². The Morgan fingerprint density at radius 3 is 2.83 bits per heavy atom. The highest BCUT2D eigenvalue weighted by atomic mass is 32.2. The van der Waals surface area contributed by atoms with Gasteiger partial charge in [-0.2, -0.15) is 11.8 Å². The van der Waals surface area contributed by atoms with Gasteiger partial charge in [-0.25, -0.2) is 8.42 Å². The van der Waals surface area contributed by atoms with Crippen molar-refractivity contribution in [2.75, 3.05) is 18.6 Å². The first kappa shape index (κ1) is 13.4. The van der Waals surface area contributed by atoms with Crippen LogP contribution in [0.5, 0.6) is 0 Å². The molecule has 0 amide bonds. The van der Waals surface area contributed by atoms with Crippen LogP contribution in [0.3, 0.4) is 0 Å². The molecule has 0 fully saturated rings. The molecule has 1 atom stereocenters. The second-order valence-electron chi connectivity index (χ2n) is 4.35. The summed E-state index contributed by atoms with van der Waals surface area (Å²) in [5.74, 6) is 1.92. The van der Waals surface area contributed by atoms with E-state index in [-0.39, 0.29) is 0 Å². The van der Waals surface area contributed by atoms with Crippen molar-refractivity contribution in [3.63, 3.8) is 0 Å². The van der Waals surface area contributed by atoms with Crippen LogP contribution in [0.25, 0.3) is 0 Å². The van der Waals surface area contributed by atoms with E-state index in [2.05, 4.69) is 22.9 Å². The minimum atomic E-state index is -3.40. The Bertz CT molecular complexity index is 567. The van der Waals surface area contributed by atoms with E-state index in [0.717, 1.165) is 5.75 Å². The summed E-state index contributed by atoms with van der Waals surface area (Å²) in [7, 11) is -3.40. The molecule has 1 aliphatic heterocycles. The Labute approximate surface area is 112 Å².